The summed E-state index contributed by atoms with van der Waals surface area (Å²) in [5.74, 6) is 0. The summed E-state index contributed by atoms with van der Waals surface area (Å²) in [7, 11) is 0. The Labute approximate surface area is 876 Å². The molecule has 744 valence electrons. The van der Waals surface area contributed by atoms with Crippen LogP contribution in [0.4, 0.5) is 0 Å². The van der Waals surface area contributed by atoms with Crippen LogP contribution in [0.25, 0.3) is 123 Å². The third-order valence-corrected chi connectivity index (χ3v) is 22.4. The van der Waals surface area contributed by atoms with E-state index < -0.39 is 12.2 Å². The molecule has 0 saturated carbocycles. The number of aryl methyl sites for hydroxylation is 14. The van der Waals surface area contributed by atoms with Gasteiger partial charge in [-0.1, -0.05) is 220 Å². The third-order valence-electron chi connectivity index (χ3n) is 22.4. The molecule has 0 amide bonds. The van der Waals surface area contributed by atoms with Gasteiger partial charge in [-0.3, -0.25) is 39.9 Å². The number of aliphatic hydroxyl groups excluding tert-OH is 8. The van der Waals surface area contributed by atoms with Crippen LogP contribution in [0.1, 0.15) is 214 Å². The van der Waals surface area contributed by atoms with E-state index in [1.807, 2.05) is 152 Å². The third kappa shape index (κ3) is 37.5. The van der Waals surface area contributed by atoms with Gasteiger partial charge < -0.3 is 40.9 Å². The Morgan fingerprint density at radius 1 is 0.268 bits per heavy atom. The standard InChI is InChI=1S/C28H29N2.C24H21N2.C23H19N2.C17H15N2.C11H24O2.3C5H12O2.4Ir/c1-5-19-13-20(6-2)16-23(15-19)27-28(30-26-12-10-9-11-25(26)29-27)24-17-21(7-3)14-22(8-4)18-24;1-15-12-16(2)14-19(13-15)23-24(22-17(3)8-7-9-18(22)4)26-21-11-6-5-10-20(21)25-23;1-15-12-16(2)14-18(13-15)22-23(19-9-5-4-8-17(19)3)25-21-11-7-6-10-20(21)24-22;1-11-8-12(2)10-14(9-11)17-13(3)18-15-6-4-5-7-16(15)19-17;1-10(2,3)8(12)7-9(13)11(4,5)6;3*1-4(6)3-5(2)7;;;;/h9-17H,5-8H2,1-4H3;5-13H,1-4H3;4-13H,1-3H3;4-9H,1-3H3;8-9,12-13H,7H2,1-6H3;3*4-7H,3H2,1-2H3;;;;/q4*-1;;;;;;;;. The maximum absolute atomic E-state index is 9.76. The second kappa shape index (κ2) is 57.8. The maximum Gasteiger partial charge on any atom is 0.0875 e. The van der Waals surface area contributed by atoms with Gasteiger partial charge in [0.05, 0.1) is 110 Å². The number of hydrogen-bond acceptors (Lipinski definition) is 16. The van der Waals surface area contributed by atoms with Crippen molar-refractivity contribution in [2.75, 3.05) is 0 Å². The van der Waals surface area contributed by atoms with Gasteiger partial charge >= 0.3 is 0 Å². The number of benzene rings is 11. The molecule has 8 N–H and O–H groups in total. The number of fused-ring (bicyclic) bond motifs is 4. The summed E-state index contributed by atoms with van der Waals surface area (Å²) in [4.78, 5) is 39.5. The van der Waals surface area contributed by atoms with Crippen molar-refractivity contribution in [3.63, 3.8) is 0 Å². The largest absolute Gasteiger partial charge is 0.393 e. The van der Waals surface area contributed by atoms with Crippen LogP contribution in [0.5, 0.6) is 0 Å². The van der Waals surface area contributed by atoms with Crippen LogP contribution in [0.15, 0.2) is 206 Å². The molecule has 4 radical (unpaired) electrons. The quantitative estimate of drug-likeness (QED) is 0.0350. The molecule has 138 heavy (non-hydrogen) atoms. The average molecular weight is 2570 g/mol. The molecule has 0 aliphatic heterocycles. The zero-order chi connectivity index (χ0) is 98.6. The molecule has 4 heterocycles. The first-order valence-electron chi connectivity index (χ1n) is 47.2. The van der Waals surface area contributed by atoms with E-state index in [1.165, 1.54) is 55.6 Å². The Bertz CT molecular complexity index is 6060. The van der Waals surface area contributed by atoms with Crippen molar-refractivity contribution >= 4 is 44.1 Å². The zero-order valence-corrected chi connectivity index (χ0v) is 95.0. The van der Waals surface area contributed by atoms with Crippen LogP contribution in [-0.2, 0) is 106 Å². The molecule has 20 heteroatoms. The molecule has 0 saturated heterocycles. The topological polar surface area (TPSA) is 265 Å². The van der Waals surface area contributed by atoms with Crippen LogP contribution in [0.2, 0.25) is 0 Å². The van der Waals surface area contributed by atoms with Gasteiger partial charge in [0, 0.05) is 115 Å². The van der Waals surface area contributed by atoms with Crippen LogP contribution < -0.4 is 0 Å². The van der Waals surface area contributed by atoms with Crippen LogP contribution >= 0.6 is 0 Å². The first-order chi connectivity index (χ1) is 63.3. The maximum atomic E-state index is 9.76. The van der Waals surface area contributed by atoms with Crippen molar-refractivity contribution in [2.45, 2.75) is 280 Å². The van der Waals surface area contributed by atoms with E-state index in [0.717, 1.165) is 171 Å². The van der Waals surface area contributed by atoms with Crippen molar-refractivity contribution in [1.29, 1.82) is 0 Å². The number of aliphatic hydroxyl groups is 8. The summed E-state index contributed by atoms with van der Waals surface area (Å²) < 4.78 is 0. The molecule has 0 fully saturated rings. The van der Waals surface area contributed by atoms with E-state index in [9.17, 15) is 10.2 Å². The van der Waals surface area contributed by atoms with E-state index in [0.29, 0.717) is 25.7 Å². The summed E-state index contributed by atoms with van der Waals surface area (Å²) in [6.45, 7) is 51.5. The molecule has 11 aromatic carbocycles. The van der Waals surface area contributed by atoms with E-state index in [2.05, 4.69) is 222 Å². The molecule has 0 bridgehead atoms. The van der Waals surface area contributed by atoms with Crippen LogP contribution in [0, 0.1) is 104 Å². The van der Waals surface area contributed by atoms with Crippen molar-refractivity contribution in [1.82, 2.24) is 39.9 Å². The number of para-hydroxylation sites is 8. The Balaban J connectivity index is 0.000000345. The second-order valence-electron chi connectivity index (χ2n) is 37.9. The molecular weight excluding hydrogens is 2430 g/mol. The predicted molar refractivity (Wildman–Crippen MR) is 556 cm³/mol. The van der Waals surface area contributed by atoms with Crippen molar-refractivity contribution in [2.24, 2.45) is 10.8 Å². The van der Waals surface area contributed by atoms with Crippen molar-refractivity contribution in [3.8, 4) is 78.8 Å². The normalized spacial score (nSPS) is 12.6. The SMILES string of the molecule is CC(C)(C)C(O)CC(O)C(C)(C)C.CC(O)CC(C)O.CC(O)CC(C)O.CC(O)CC(C)O.CCc1[c-]c(-c2nc3ccccc3nc2-c2cc(CC)cc(CC)c2)cc(CC)c1.Cc1[c-]c(-c2nc3ccccc3nc2-c2c(C)cccc2C)cc(C)c1.Cc1[c-]c(-c2nc3ccccc3nc2-c2ccccc2C)cc(C)c1.Cc1[c-]c(-c2nc3ccccc3nc2C)cc(C)c1.[Ir].[Ir].[Ir].[Ir]. The fourth-order valence-electron chi connectivity index (χ4n) is 15.5. The van der Waals surface area contributed by atoms with Crippen LogP contribution in [0.3, 0.4) is 0 Å². The predicted octanol–water partition coefficient (Wildman–Crippen LogP) is 25.3. The molecule has 0 aliphatic rings. The van der Waals surface area contributed by atoms with E-state index in [4.69, 9.17) is 65.5 Å². The minimum Gasteiger partial charge on any atom is -0.393 e. The molecule has 0 spiro atoms. The Morgan fingerprint density at radius 3 is 0.877 bits per heavy atom. The Hall–Kier alpha value is -8.94. The Morgan fingerprint density at radius 2 is 0.551 bits per heavy atom. The van der Waals surface area contributed by atoms with Gasteiger partial charge in [0.25, 0.3) is 0 Å². The fraction of sp³-hybridized carbons (Fsp3) is 0.373. The number of nitrogens with zero attached hydrogens (tertiary/aromatic N) is 8. The van der Waals surface area contributed by atoms with Gasteiger partial charge in [-0.05, 0) is 218 Å². The molecule has 4 aromatic heterocycles. The summed E-state index contributed by atoms with van der Waals surface area (Å²) in [6, 6.07) is 84.9. The minimum atomic E-state index is -0.443. The summed E-state index contributed by atoms with van der Waals surface area (Å²) in [5.41, 5.74) is 37.7. The van der Waals surface area contributed by atoms with Gasteiger partial charge in [0.1, 0.15) is 0 Å². The average Bonchev–Trinajstić information content (AvgIpc) is 0.778. The molecule has 8 atom stereocenters. The van der Waals surface area contributed by atoms with Crippen LogP contribution in [-0.4, -0.2) is 130 Å². The number of rotatable bonds is 19. The van der Waals surface area contributed by atoms with Gasteiger partial charge in [-0.2, -0.15) is 0 Å². The molecule has 8 unspecified atom stereocenters. The van der Waals surface area contributed by atoms with Crippen molar-refractivity contribution in [3.05, 3.63) is 309 Å². The minimum absolute atomic E-state index is 0. The van der Waals surface area contributed by atoms with Gasteiger partial charge in [-0.15, -0.1) is 140 Å². The number of hydrogen-bond donors (Lipinski definition) is 8. The molecule has 0 aliphatic carbocycles. The molecular formula is C118H144Ir4N8O8-4. The fourth-order valence-corrected chi connectivity index (χ4v) is 15.5. The van der Waals surface area contributed by atoms with E-state index >= 15 is 0 Å². The summed E-state index contributed by atoms with van der Waals surface area (Å²) in [6.07, 6.45) is 2.71. The smallest absolute Gasteiger partial charge is 0.0875 e. The molecule has 15 aromatic rings. The van der Waals surface area contributed by atoms with Gasteiger partial charge in [0.2, 0.25) is 0 Å². The van der Waals surface area contributed by atoms with E-state index in [1.54, 1.807) is 41.5 Å². The Kier molecular flexibility index (Phi) is 50.9. The zero-order valence-electron chi connectivity index (χ0n) is 85.4. The number of aromatic nitrogens is 8. The molecule has 16 nitrogen and oxygen atoms in total. The van der Waals surface area contributed by atoms with Gasteiger partial charge in [-0.25, -0.2) is 0 Å². The first-order valence-corrected chi connectivity index (χ1v) is 47.2. The summed E-state index contributed by atoms with van der Waals surface area (Å²) in [5, 5.41) is 70.9. The van der Waals surface area contributed by atoms with Gasteiger partial charge in [0.15, 0.2) is 0 Å². The second-order valence-corrected chi connectivity index (χ2v) is 37.9. The van der Waals surface area contributed by atoms with Crippen molar-refractivity contribution < 1.29 is 121 Å². The molecule has 15 rings (SSSR count). The first kappa shape index (κ1) is 121. The summed E-state index contributed by atoms with van der Waals surface area (Å²) >= 11 is 0. The van der Waals surface area contributed by atoms with E-state index in [-0.39, 0.29) is 128 Å². The monoisotopic (exact) mass is 2570 g/mol.